The van der Waals surface area contributed by atoms with Crippen molar-refractivity contribution in [1.82, 2.24) is 0 Å². The summed E-state index contributed by atoms with van der Waals surface area (Å²) in [6.45, 7) is 3.87. The average molecular weight is 241 g/mol. The quantitative estimate of drug-likeness (QED) is 0.871. The smallest absolute Gasteiger partial charge is 0.147 e. The van der Waals surface area contributed by atoms with Crippen LogP contribution in [0.4, 0.5) is 0 Å². The Hall–Kier alpha value is -0.870. The molecule has 0 heterocycles. The predicted molar refractivity (Wildman–Crippen MR) is 67.0 cm³/mol. The molecule has 1 aromatic carbocycles. The Labute approximate surface area is 97.6 Å². The molecule has 1 atom stereocenters. The van der Waals surface area contributed by atoms with Crippen LogP contribution in [-0.2, 0) is 15.4 Å². The lowest BCUT2D eigenvalue weighted by Crippen LogP contribution is -2.35. The first-order valence-corrected chi connectivity index (χ1v) is 7.30. The number of hydrogen-bond donors (Lipinski definition) is 1. The number of rotatable bonds is 4. The lowest BCUT2D eigenvalue weighted by Gasteiger charge is -2.25. The summed E-state index contributed by atoms with van der Waals surface area (Å²) in [5, 5.41) is 0. The second kappa shape index (κ2) is 4.55. The van der Waals surface area contributed by atoms with Gasteiger partial charge in [0.1, 0.15) is 9.84 Å². The minimum Gasteiger partial charge on any atom is -0.322 e. The summed E-state index contributed by atoms with van der Waals surface area (Å²) in [6, 6.07) is 7.89. The van der Waals surface area contributed by atoms with Crippen molar-refractivity contribution >= 4 is 9.84 Å². The van der Waals surface area contributed by atoms with Gasteiger partial charge in [-0.2, -0.15) is 0 Å². The number of sulfone groups is 1. The summed E-state index contributed by atoms with van der Waals surface area (Å²) in [4.78, 5) is 0. The van der Waals surface area contributed by atoms with E-state index in [-0.39, 0.29) is 5.75 Å². The first kappa shape index (κ1) is 13.2. The van der Waals surface area contributed by atoms with Gasteiger partial charge in [-0.25, -0.2) is 8.42 Å². The Bertz CT molecular complexity index is 446. The Balaban J connectivity index is 2.81. The highest BCUT2D eigenvalue weighted by Gasteiger charge is 2.22. The molecule has 0 radical (unpaired) electrons. The Kier molecular flexibility index (Phi) is 3.76. The van der Waals surface area contributed by atoms with E-state index in [0.29, 0.717) is 6.42 Å². The highest BCUT2D eigenvalue weighted by molar-refractivity contribution is 7.90. The molecular weight excluding hydrogens is 222 g/mol. The molecule has 4 heteroatoms. The van der Waals surface area contributed by atoms with Gasteiger partial charge in [-0.15, -0.1) is 0 Å². The van der Waals surface area contributed by atoms with Gasteiger partial charge in [-0.1, -0.05) is 29.8 Å². The third-order valence-corrected chi connectivity index (χ3v) is 3.65. The van der Waals surface area contributed by atoms with Gasteiger partial charge in [-0.05, 0) is 25.8 Å². The fourth-order valence-corrected chi connectivity index (χ4v) is 2.27. The van der Waals surface area contributed by atoms with Crippen LogP contribution in [0.25, 0.3) is 0 Å². The van der Waals surface area contributed by atoms with E-state index in [1.54, 1.807) is 0 Å². The predicted octanol–water partition coefficient (Wildman–Crippen LogP) is 1.60. The van der Waals surface area contributed by atoms with E-state index in [0.717, 1.165) is 5.56 Å². The van der Waals surface area contributed by atoms with Crippen LogP contribution in [0.1, 0.15) is 24.5 Å². The van der Waals surface area contributed by atoms with Gasteiger partial charge in [-0.3, -0.25) is 0 Å². The third kappa shape index (κ3) is 3.94. The van der Waals surface area contributed by atoms with E-state index in [9.17, 15) is 8.42 Å². The maximum Gasteiger partial charge on any atom is 0.147 e. The van der Waals surface area contributed by atoms with Gasteiger partial charge in [0, 0.05) is 11.8 Å². The van der Waals surface area contributed by atoms with Crippen LogP contribution in [0, 0.1) is 6.92 Å². The molecule has 0 aliphatic rings. The van der Waals surface area contributed by atoms with Crippen LogP contribution < -0.4 is 5.73 Å². The molecule has 3 nitrogen and oxygen atoms in total. The zero-order chi connectivity index (χ0) is 12.4. The molecule has 90 valence electrons. The summed E-state index contributed by atoms with van der Waals surface area (Å²) >= 11 is 0. The maximum absolute atomic E-state index is 11.1. The molecule has 0 aromatic heterocycles. The van der Waals surface area contributed by atoms with Crippen molar-refractivity contribution in [2.45, 2.75) is 25.8 Å². The first-order valence-electron chi connectivity index (χ1n) is 5.24. The van der Waals surface area contributed by atoms with Crippen molar-refractivity contribution in [1.29, 1.82) is 0 Å². The molecule has 0 amide bonds. The molecular formula is C12H19NO2S. The molecule has 2 N–H and O–H groups in total. The molecule has 0 aliphatic heterocycles. The summed E-state index contributed by atoms with van der Waals surface area (Å²) in [7, 11) is -2.95. The van der Waals surface area contributed by atoms with Gasteiger partial charge in [0.05, 0.1) is 5.75 Å². The van der Waals surface area contributed by atoms with E-state index in [2.05, 4.69) is 0 Å². The molecule has 0 bridgehead atoms. The van der Waals surface area contributed by atoms with Crippen molar-refractivity contribution in [3.63, 3.8) is 0 Å². The number of nitrogens with two attached hydrogens (primary N) is 1. The Morgan fingerprint density at radius 1 is 1.25 bits per heavy atom. The average Bonchev–Trinajstić information content (AvgIpc) is 2.15. The SMILES string of the molecule is Cc1ccc(C(C)(N)CCS(C)(=O)=O)cc1. The van der Waals surface area contributed by atoms with Gasteiger partial charge >= 0.3 is 0 Å². The van der Waals surface area contributed by atoms with Crippen molar-refractivity contribution in [2.24, 2.45) is 5.73 Å². The summed E-state index contributed by atoms with van der Waals surface area (Å²) in [5.41, 5.74) is 7.69. The lowest BCUT2D eigenvalue weighted by atomic mass is 9.90. The normalized spacial score (nSPS) is 15.8. The van der Waals surface area contributed by atoms with Gasteiger partial charge in [0.2, 0.25) is 0 Å². The number of aryl methyl sites for hydroxylation is 1. The molecule has 0 fully saturated rings. The topological polar surface area (TPSA) is 60.2 Å². The Morgan fingerprint density at radius 3 is 2.19 bits per heavy atom. The Morgan fingerprint density at radius 2 is 1.75 bits per heavy atom. The maximum atomic E-state index is 11.1. The van der Waals surface area contributed by atoms with Gasteiger partial charge < -0.3 is 5.73 Å². The summed E-state index contributed by atoms with van der Waals surface area (Å²) in [6.07, 6.45) is 1.67. The van der Waals surface area contributed by atoms with Crippen LogP contribution in [0.15, 0.2) is 24.3 Å². The van der Waals surface area contributed by atoms with Crippen molar-refractivity contribution in [3.8, 4) is 0 Å². The zero-order valence-corrected chi connectivity index (χ0v) is 10.8. The lowest BCUT2D eigenvalue weighted by molar-refractivity contribution is 0.473. The van der Waals surface area contributed by atoms with Gasteiger partial charge in [0.25, 0.3) is 0 Å². The standard InChI is InChI=1S/C12H19NO2S/c1-10-4-6-11(7-5-10)12(2,13)8-9-16(3,14)15/h4-7H,8-9,13H2,1-3H3. The van der Waals surface area contributed by atoms with Crippen LogP contribution >= 0.6 is 0 Å². The third-order valence-electron chi connectivity index (χ3n) is 2.70. The fourth-order valence-electron chi connectivity index (χ4n) is 1.48. The van der Waals surface area contributed by atoms with Crippen LogP contribution in [0.2, 0.25) is 0 Å². The van der Waals surface area contributed by atoms with Crippen molar-refractivity contribution in [3.05, 3.63) is 35.4 Å². The van der Waals surface area contributed by atoms with Crippen LogP contribution in [0.3, 0.4) is 0 Å². The van der Waals surface area contributed by atoms with Crippen molar-refractivity contribution < 1.29 is 8.42 Å². The molecule has 16 heavy (non-hydrogen) atoms. The zero-order valence-electron chi connectivity index (χ0n) is 10.0. The largest absolute Gasteiger partial charge is 0.322 e. The van der Waals surface area contributed by atoms with E-state index in [1.807, 2.05) is 38.1 Å². The minimum absolute atomic E-state index is 0.119. The van der Waals surface area contributed by atoms with Crippen LogP contribution in [0.5, 0.6) is 0 Å². The van der Waals surface area contributed by atoms with E-state index in [1.165, 1.54) is 11.8 Å². The van der Waals surface area contributed by atoms with Crippen LogP contribution in [-0.4, -0.2) is 20.4 Å². The second-order valence-corrected chi connectivity index (χ2v) is 6.92. The highest BCUT2D eigenvalue weighted by atomic mass is 32.2. The highest BCUT2D eigenvalue weighted by Crippen LogP contribution is 2.22. The summed E-state index contributed by atoms with van der Waals surface area (Å²) in [5.74, 6) is 0.119. The molecule has 0 aliphatic carbocycles. The first-order chi connectivity index (χ1) is 7.21. The van der Waals surface area contributed by atoms with E-state index in [4.69, 9.17) is 5.73 Å². The van der Waals surface area contributed by atoms with Gasteiger partial charge in [0.15, 0.2) is 0 Å². The minimum atomic E-state index is -2.95. The molecule has 1 rings (SSSR count). The molecule has 0 spiro atoms. The molecule has 1 unspecified atom stereocenters. The van der Waals surface area contributed by atoms with E-state index >= 15 is 0 Å². The molecule has 1 aromatic rings. The van der Waals surface area contributed by atoms with E-state index < -0.39 is 15.4 Å². The monoisotopic (exact) mass is 241 g/mol. The molecule has 0 saturated heterocycles. The molecule has 0 saturated carbocycles. The van der Waals surface area contributed by atoms with Crippen molar-refractivity contribution in [2.75, 3.05) is 12.0 Å². The second-order valence-electron chi connectivity index (χ2n) is 4.66. The fraction of sp³-hybridized carbons (Fsp3) is 0.500. The number of hydrogen-bond acceptors (Lipinski definition) is 3. The number of benzene rings is 1. The summed E-state index contributed by atoms with van der Waals surface area (Å²) < 4.78 is 22.2.